The van der Waals surface area contributed by atoms with Crippen LogP contribution in [-0.2, 0) is 4.79 Å². The lowest BCUT2D eigenvalue weighted by atomic mass is 10.00. The summed E-state index contributed by atoms with van der Waals surface area (Å²) in [4.78, 5) is 11.0. The van der Waals surface area contributed by atoms with Gasteiger partial charge in [0, 0.05) is 5.56 Å². The van der Waals surface area contributed by atoms with Gasteiger partial charge < -0.3 is 9.84 Å². The van der Waals surface area contributed by atoms with Crippen molar-refractivity contribution in [2.24, 2.45) is 0 Å². The molecule has 0 aliphatic carbocycles. The Morgan fingerprint density at radius 1 is 1.05 bits per heavy atom. The van der Waals surface area contributed by atoms with Crippen LogP contribution in [-0.4, -0.2) is 17.7 Å². The fourth-order valence-electron chi connectivity index (χ4n) is 2.11. The number of aliphatic carboxylic acids is 1. The van der Waals surface area contributed by atoms with Gasteiger partial charge in [-0.1, -0.05) is 36.4 Å². The number of rotatable bonds is 2. The van der Waals surface area contributed by atoms with E-state index in [9.17, 15) is 4.79 Å². The highest BCUT2D eigenvalue weighted by Gasteiger charge is 2.16. The van der Waals surface area contributed by atoms with Gasteiger partial charge in [0.2, 0.25) is 0 Å². The molecule has 94 valence electrons. The Bertz CT molecular complexity index is 657. The molecule has 3 heteroatoms. The van der Waals surface area contributed by atoms with Gasteiger partial charge in [-0.3, -0.25) is 0 Å². The minimum atomic E-state index is -0.934. The van der Waals surface area contributed by atoms with Crippen molar-refractivity contribution >= 4 is 12.0 Å². The minimum Gasteiger partial charge on any atom is -0.488 e. The molecule has 0 saturated heterocycles. The first-order chi connectivity index (χ1) is 9.24. The molecule has 0 amide bonds. The number of carboxylic acids is 1. The van der Waals surface area contributed by atoms with Crippen LogP contribution in [0.2, 0.25) is 0 Å². The topological polar surface area (TPSA) is 46.5 Å². The average molecular weight is 252 g/mol. The third kappa shape index (κ3) is 2.22. The highest BCUT2D eigenvalue weighted by Crippen LogP contribution is 2.31. The number of carbonyl (C=O) groups is 1. The monoisotopic (exact) mass is 252 g/mol. The van der Waals surface area contributed by atoms with Crippen molar-refractivity contribution in [2.45, 2.75) is 0 Å². The van der Waals surface area contributed by atoms with Crippen molar-refractivity contribution in [3.8, 4) is 16.9 Å². The zero-order valence-electron chi connectivity index (χ0n) is 10.2. The molecule has 1 aliphatic heterocycles. The molecule has 1 N–H and O–H groups in total. The Morgan fingerprint density at radius 2 is 1.84 bits per heavy atom. The first kappa shape index (κ1) is 11.5. The molecule has 0 unspecified atom stereocenters. The molecular formula is C16H12O3. The molecule has 1 aliphatic rings. The molecule has 2 aromatic rings. The van der Waals surface area contributed by atoms with E-state index in [-0.39, 0.29) is 12.2 Å². The standard InChI is InChI=1S/C16H12O3/c17-16(18)14-9-13-8-12(6-7-15(13)19-10-14)11-4-2-1-3-5-11/h1-9H,10H2,(H,17,18). The van der Waals surface area contributed by atoms with E-state index < -0.39 is 5.97 Å². The van der Waals surface area contributed by atoms with Gasteiger partial charge >= 0.3 is 5.97 Å². The van der Waals surface area contributed by atoms with Gasteiger partial charge in [0.25, 0.3) is 0 Å². The largest absolute Gasteiger partial charge is 0.488 e. The van der Waals surface area contributed by atoms with Crippen LogP contribution in [0.3, 0.4) is 0 Å². The van der Waals surface area contributed by atoms with E-state index in [2.05, 4.69) is 0 Å². The summed E-state index contributed by atoms with van der Waals surface area (Å²) in [6.07, 6.45) is 1.67. The zero-order valence-corrected chi connectivity index (χ0v) is 10.2. The molecule has 0 spiro atoms. The molecule has 2 aromatic carbocycles. The lowest BCUT2D eigenvalue weighted by molar-refractivity contribution is -0.132. The Hall–Kier alpha value is -2.55. The summed E-state index contributed by atoms with van der Waals surface area (Å²) in [6, 6.07) is 15.8. The molecular weight excluding hydrogens is 240 g/mol. The highest BCUT2D eigenvalue weighted by molar-refractivity contribution is 5.94. The maximum Gasteiger partial charge on any atom is 0.335 e. The molecule has 0 radical (unpaired) electrons. The molecule has 3 rings (SSSR count). The van der Waals surface area contributed by atoms with E-state index in [0.29, 0.717) is 0 Å². The fourth-order valence-corrected chi connectivity index (χ4v) is 2.11. The van der Waals surface area contributed by atoms with Gasteiger partial charge in [0.15, 0.2) is 0 Å². The predicted molar refractivity (Wildman–Crippen MR) is 73.0 cm³/mol. The zero-order chi connectivity index (χ0) is 13.2. The second-order valence-corrected chi connectivity index (χ2v) is 4.38. The normalized spacial score (nSPS) is 13.2. The lowest BCUT2D eigenvalue weighted by Gasteiger charge is -2.16. The van der Waals surface area contributed by atoms with E-state index in [4.69, 9.17) is 9.84 Å². The number of ether oxygens (including phenoxy) is 1. The van der Waals surface area contributed by atoms with Crippen LogP contribution in [0.5, 0.6) is 5.75 Å². The number of hydrogen-bond donors (Lipinski definition) is 1. The van der Waals surface area contributed by atoms with Crippen LogP contribution >= 0.6 is 0 Å². The third-order valence-corrected chi connectivity index (χ3v) is 3.10. The average Bonchev–Trinajstić information content (AvgIpc) is 2.47. The summed E-state index contributed by atoms with van der Waals surface area (Å²) < 4.78 is 5.44. The van der Waals surface area contributed by atoms with Gasteiger partial charge in [0.05, 0.1) is 5.57 Å². The number of hydrogen-bond acceptors (Lipinski definition) is 2. The van der Waals surface area contributed by atoms with Crippen LogP contribution < -0.4 is 4.74 Å². The summed E-state index contributed by atoms with van der Waals surface area (Å²) >= 11 is 0. The summed E-state index contributed by atoms with van der Waals surface area (Å²) in [5, 5.41) is 9.00. The van der Waals surface area contributed by atoms with E-state index in [1.165, 1.54) is 0 Å². The van der Waals surface area contributed by atoms with Crippen molar-refractivity contribution in [3.05, 3.63) is 59.7 Å². The number of fused-ring (bicyclic) bond motifs is 1. The van der Waals surface area contributed by atoms with Gasteiger partial charge in [-0.2, -0.15) is 0 Å². The Morgan fingerprint density at radius 3 is 2.58 bits per heavy atom. The number of carboxylic acid groups (broad SMARTS) is 1. The van der Waals surface area contributed by atoms with Crippen LogP contribution in [0.25, 0.3) is 17.2 Å². The molecule has 0 fully saturated rings. The summed E-state index contributed by atoms with van der Waals surface area (Å²) in [5.41, 5.74) is 3.23. The van der Waals surface area contributed by atoms with Gasteiger partial charge in [-0.15, -0.1) is 0 Å². The summed E-state index contributed by atoms with van der Waals surface area (Å²) in [6.45, 7) is 0.118. The summed E-state index contributed by atoms with van der Waals surface area (Å²) in [5.74, 6) is -0.208. The molecule has 1 heterocycles. The quantitative estimate of drug-likeness (QED) is 0.892. The molecule has 0 saturated carbocycles. The number of benzene rings is 2. The van der Waals surface area contributed by atoms with Gasteiger partial charge in [-0.25, -0.2) is 4.79 Å². The Labute approximate surface area is 110 Å². The predicted octanol–water partition coefficient (Wildman–Crippen LogP) is 3.21. The molecule has 0 atom stereocenters. The van der Waals surface area contributed by atoms with Gasteiger partial charge in [0.1, 0.15) is 12.4 Å². The second-order valence-electron chi connectivity index (χ2n) is 4.38. The third-order valence-electron chi connectivity index (χ3n) is 3.10. The van der Waals surface area contributed by atoms with Crippen LogP contribution in [0, 0.1) is 0 Å². The Kier molecular flexibility index (Phi) is 2.80. The van der Waals surface area contributed by atoms with E-state index in [1.807, 2.05) is 48.5 Å². The molecule has 0 aromatic heterocycles. The first-order valence-corrected chi connectivity index (χ1v) is 6.00. The first-order valence-electron chi connectivity index (χ1n) is 6.00. The molecule has 19 heavy (non-hydrogen) atoms. The van der Waals surface area contributed by atoms with Gasteiger partial charge in [-0.05, 0) is 29.3 Å². The fraction of sp³-hybridized carbons (Fsp3) is 0.0625. The van der Waals surface area contributed by atoms with Crippen molar-refractivity contribution in [1.29, 1.82) is 0 Å². The Balaban J connectivity index is 2.05. The second kappa shape index (κ2) is 4.61. The van der Waals surface area contributed by atoms with Crippen LogP contribution in [0.15, 0.2) is 54.1 Å². The smallest absolute Gasteiger partial charge is 0.335 e. The van der Waals surface area contributed by atoms with Crippen molar-refractivity contribution in [3.63, 3.8) is 0 Å². The van der Waals surface area contributed by atoms with Crippen molar-refractivity contribution < 1.29 is 14.6 Å². The summed E-state index contributed by atoms with van der Waals surface area (Å²) in [7, 11) is 0. The lowest BCUT2D eigenvalue weighted by Crippen LogP contribution is -2.14. The highest BCUT2D eigenvalue weighted by atomic mass is 16.5. The maximum absolute atomic E-state index is 11.0. The van der Waals surface area contributed by atoms with Crippen LogP contribution in [0.4, 0.5) is 0 Å². The molecule has 0 bridgehead atoms. The van der Waals surface area contributed by atoms with Crippen molar-refractivity contribution in [1.82, 2.24) is 0 Å². The molecule has 3 nitrogen and oxygen atoms in total. The maximum atomic E-state index is 11.0. The minimum absolute atomic E-state index is 0.118. The van der Waals surface area contributed by atoms with E-state index in [1.54, 1.807) is 6.08 Å². The van der Waals surface area contributed by atoms with E-state index >= 15 is 0 Å². The van der Waals surface area contributed by atoms with E-state index in [0.717, 1.165) is 22.4 Å². The SMILES string of the molecule is O=C(O)C1=Cc2cc(-c3ccccc3)ccc2OC1. The van der Waals surface area contributed by atoms with Crippen LogP contribution in [0.1, 0.15) is 5.56 Å². The van der Waals surface area contributed by atoms with Crippen molar-refractivity contribution in [2.75, 3.05) is 6.61 Å².